The molecular weight excluding hydrogens is 208 g/mol. The van der Waals surface area contributed by atoms with Crippen molar-refractivity contribution in [1.29, 1.82) is 0 Å². The molecule has 88 valence electrons. The first-order valence-electron chi connectivity index (χ1n) is 5.32. The zero-order chi connectivity index (χ0) is 11.7. The monoisotopic (exact) mass is 224 g/mol. The van der Waals surface area contributed by atoms with Gasteiger partial charge >= 0.3 is 0 Å². The van der Waals surface area contributed by atoms with Gasteiger partial charge in [0.25, 0.3) is 0 Å². The van der Waals surface area contributed by atoms with E-state index in [1.54, 1.807) is 18.3 Å². The fraction of sp³-hybridized carbons (Fsp3) is 0.545. The van der Waals surface area contributed by atoms with Crippen LogP contribution in [0.1, 0.15) is 17.9 Å². The Kier molecular flexibility index (Phi) is 3.09. The van der Waals surface area contributed by atoms with Crippen molar-refractivity contribution in [2.75, 3.05) is 12.3 Å². The van der Waals surface area contributed by atoms with E-state index in [1.165, 1.54) is 0 Å². The maximum absolute atomic E-state index is 9.86. The summed E-state index contributed by atoms with van der Waals surface area (Å²) in [7, 11) is 0. The topological polar surface area (TPSA) is 99.6 Å². The third-order valence-corrected chi connectivity index (χ3v) is 3.27. The maximum Gasteiger partial charge on any atom is 0.123 e. The molecule has 0 unspecified atom stereocenters. The molecule has 1 fully saturated rings. The van der Waals surface area contributed by atoms with Gasteiger partial charge in [-0.15, -0.1) is 0 Å². The molecule has 0 spiro atoms. The molecule has 4 atom stereocenters. The SMILES string of the molecule is Nc1ccc([C@@H]2C[C@H](CO)[C@@H](O)[C@H]2O)cn1. The minimum atomic E-state index is -0.868. The number of anilines is 1. The van der Waals surface area contributed by atoms with Crippen LogP contribution in [0.3, 0.4) is 0 Å². The summed E-state index contributed by atoms with van der Waals surface area (Å²) in [5.74, 6) is -0.0201. The largest absolute Gasteiger partial charge is 0.396 e. The highest BCUT2D eigenvalue weighted by Gasteiger charge is 2.41. The highest BCUT2D eigenvalue weighted by atomic mass is 16.3. The van der Waals surface area contributed by atoms with Gasteiger partial charge in [0.15, 0.2) is 0 Å². The van der Waals surface area contributed by atoms with E-state index in [9.17, 15) is 10.2 Å². The molecule has 5 heteroatoms. The summed E-state index contributed by atoms with van der Waals surface area (Å²) < 4.78 is 0. The minimum Gasteiger partial charge on any atom is -0.396 e. The molecule has 0 aromatic carbocycles. The van der Waals surface area contributed by atoms with Gasteiger partial charge in [0.1, 0.15) is 5.82 Å². The summed E-state index contributed by atoms with van der Waals surface area (Å²) in [4.78, 5) is 3.96. The van der Waals surface area contributed by atoms with Crippen LogP contribution in [0, 0.1) is 5.92 Å². The van der Waals surface area contributed by atoms with E-state index in [1.807, 2.05) is 0 Å². The standard InChI is InChI=1S/C11H16N2O3/c12-9-2-1-6(4-13-9)8-3-7(5-14)10(15)11(8)16/h1-2,4,7-8,10-11,14-16H,3,5H2,(H2,12,13)/t7-,8+,10-,11+/m1/s1. The van der Waals surface area contributed by atoms with E-state index in [2.05, 4.69) is 4.98 Å². The first kappa shape index (κ1) is 11.3. The number of nitrogens with two attached hydrogens (primary N) is 1. The summed E-state index contributed by atoms with van der Waals surface area (Å²) in [6.45, 7) is -0.114. The predicted octanol–water partition coefficient (Wildman–Crippen LogP) is -0.519. The van der Waals surface area contributed by atoms with E-state index in [0.29, 0.717) is 12.2 Å². The molecule has 5 nitrogen and oxygen atoms in total. The minimum absolute atomic E-state index is 0.114. The first-order chi connectivity index (χ1) is 7.63. The smallest absolute Gasteiger partial charge is 0.123 e. The van der Waals surface area contributed by atoms with Crippen molar-refractivity contribution in [3.8, 4) is 0 Å². The van der Waals surface area contributed by atoms with Crippen LogP contribution in [0.15, 0.2) is 18.3 Å². The second-order valence-corrected chi connectivity index (χ2v) is 4.28. The van der Waals surface area contributed by atoms with Crippen LogP contribution in [-0.4, -0.2) is 39.1 Å². The van der Waals surface area contributed by atoms with E-state index < -0.39 is 12.2 Å². The van der Waals surface area contributed by atoms with Gasteiger partial charge in [-0.2, -0.15) is 0 Å². The lowest BCUT2D eigenvalue weighted by atomic mass is 9.96. The molecule has 0 radical (unpaired) electrons. The molecule has 1 aliphatic carbocycles. The molecule has 0 saturated heterocycles. The number of aromatic nitrogens is 1. The van der Waals surface area contributed by atoms with E-state index >= 15 is 0 Å². The van der Waals surface area contributed by atoms with Crippen molar-refractivity contribution >= 4 is 5.82 Å². The predicted molar refractivity (Wildman–Crippen MR) is 58.6 cm³/mol. The zero-order valence-electron chi connectivity index (χ0n) is 8.82. The average molecular weight is 224 g/mol. The fourth-order valence-electron chi connectivity index (χ4n) is 2.27. The fourth-order valence-corrected chi connectivity index (χ4v) is 2.27. The van der Waals surface area contributed by atoms with Crippen molar-refractivity contribution in [1.82, 2.24) is 4.98 Å². The number of hydrogen-bond acceptors (Lipinski definition) is 5. The molecule has 2 rings (SSSR count). The third kappa shape index (κ3) is 1.89. The average Bonchev–Trinajstić information content (AvgIpc) is 2.57. The molecule has 0 amide bonds. The number of rotatable bonds is 2. The Morgan fingerprint density at radius 1 is 1.31 bits per heavy atom. The number of aliphatic hydroxyl groups is 3. The van der Waals surface area contributed by atoms with Crippen LogP contribution in [0.25, 0.3) is 0 Å². The van der Waals surface area contributed by atoms with E-state index in [4.69, 9.17) is 10.8 Å². The van der Waals surface area contributed by atoms with Gasteiger partial charge in [-0.1, -0.05) is 6.07 Å². The molecule has 0 bridgehead atoms. The van der Waals surface area contributed by atoms with Gasteiger partial charge in [-0.25, -0.2) is 4.98 Å². The third-order valence-electron chi connectivity index (χ3n) is 3.27. The Morgan fingerprint density at radius 3 is 2.56 bits per heavy atom. The highest BCUT2D eigenvalue weighted by molar-refractivity contribution is 5.32. The van der Waals surface area contributed by atoms with Crippen molar-refractivity contribution < 1.29 is 15.3 Å². The molecule has 1 saturated carbocycles. The number of pyridine rings is 1. The zero-order valence-corrected chi connectivity index (χ0v) is 8.82. The lowest BCUT2D eigenvalue weighted by Gasteiger charge is -2.16. The summed E-state index contributed by atoms with van der Waals surface area (Å²) in [5.41, 5.74) is 6.32. The van der Waals surface area contributed by atoms with Crippen LogP contribution in [0.2, 0.25) is 0 Å². The van der Waals surface area contributed by atoms with Crippen LogP contribution in [-0.2, 0) is 0 Å². The van der Waals surface area contributed by atoms with Gasteiger partial charge in [-0.3, -0.25) is 0 Å². The van der Waals surface area contributed by atoms with Crippen LogP contribution >= 0.6 is 0 Å². The first-order valence-corrected chi connectivity index (χ1v) is 5.32. The lowest BCUT2D eigenvalue weighted by molar-refractivity contribution is 0.00230. The van der Waals surface area contributed by atoms with Crippen LogP contribution < -0.4 is 5.73 Å². The Bertz CT molecular complexity index is 355. The number of nitrogens with zero attached hydrogens (tertiary/aromatic N) is 1. The van der Waals surface area contributed by atoms with Crippen molar-refractivity contribution in [3.05, 3.63) is 23.9 Å². The number of hydrogen-bond donors (Lipinski definition) is 4. The summed E-state index contributed by atoms with van der Waals surface area (Å²) >= 11 is 0. The Balaban J connectivity index is 2.19. The molecular formula is C11H16N2O3. The molecule has 5 N–H and O–H groups in total. The summed E-state index contributed by atoms with van der Waals surface area (Å²) in [5, 5.41) is 28.6. The molecule has 16 heavy (non-hydrogen) atoms. The second kappa shape index (κ2) is 4.37. The maximum atomic E-state index is 9.86. The molecule has 1 aromatic rings. The van der Waals surface area contributed by atoms with Gasteiger partial charge in [-0.05, 0) is 18.1 Å². The van der Waals surface area contributed by atoms with Gasteiger partial charge in [0, 0.05) is 24.6 Å². The van der Waals surface area contributed by atoms with Gasteiger partial charge in [0.05, 0.1) is 12.2 Å². The van der Waals surface area contributed by atoms with Crippen molar-refractivity contribution in [3.63, 3.8) is 0 Å². The molecule has 1 aliphatic rings. The highest BCUT2D eigenvalue weighted by Crippen LogP contribution is 2.38. The number of nitrogen functional groups attached to an aromatic ring is 1. The van der Waals surface area contributed by atoms with Crippen LogP contribution in [0.4, 0.5) is 5.82 Å². The number of aliphatic hydroxyl groups excluding tert-OH is 3. The Hall–Kier alpha value is -1.17. The lowest BCUT2D eigenvalue weighted by Crippen LogP contribution is -2.28. The quantitative estimate of drug-likeness (QED) is 0.542. The van der Waals surface area contributed by atoms with Gasteiger partial charge in [0.2, 0.25) is 0 Å². The normalized spacial score (nSPS) is 34.2. The summed E-state index contributed by atoms with van der Waals surface area (Å²) in [6, 6.07) is 3.46. The van der Waals surface area contributed by atoms with E-state index in [0.717, 1.165) is 5.56 Å². The van der Waals surface area contributed by atoms with Gasteiger partial charge < -0.3 is 21.1 Å². The van der Waals surface area contributed by atoms with Crippen LogP contribution in [0.5, 0.6) is 0 Å². The molecule has 0 aliphatic heterocycles. The van der Waals surface area contributed by atoms with Crippen molar-refractivity contribution in [2.45, 2.75) is 24.5 Å². The van der Waals surface area contributed by atoms with E-state index in [-0.39, 0.29) is 18.4 Å². The Morgan fingerprint density at radius 2 is 2.06 bits per heavy atom. The summed E-state index contributed by atoms with van der Waals surface area (Å²) in [6.07, 6.45) is 0.454. The molecule has 1 aromatic heterocycles. The Labute approximate surface area is 93.6 Å². The van der Waals surface area contributed by atoms with Crippen molar-refractivity contribution in [2.24, 2.45) is 5.92 Å². The second-order valence-electron chi connectivity index (χ2n) is 4.28. The molecule has 1 heterocycles.